The number of thioether (sulfide) groups is 1. The highest BCUT2D eigenvalue weighted by Gasteiger charge is 2.18. The Morgan fingerprint density at radius 1 is 1.50 bits per heavy atom. The highest BCUT2D eigenvalue weighted by atomic mass is 32.2. The lowest BCUT2D eigenvalue weighted by Crippen LogP contribution is -2.18. The number of nitrogens with zero attached hydrogens (tertiary/aromatic N) is 1. The zero-order valence-corrected chi connectivity index (χ0v) is 11.5. The molecule has 0 fully saturated rings. The van der Waals surface area contributed by atoms with Crippen LogP contribution >= 0.6 is 23.1 Å². The number of thiophene rings is 1. The van der Waals surface area contributed by atoms with Crippen molar-refractivity contribution >= 4 is 28.3 Å². The van der Waals surface area contributed by atoms with Crippen molar-refractivity contribution in [2.75, 3.05) is 6.54 Å². The molecule has 1 aromatic rings. The summed E-state index contributed by atoms with van der Waals surface area (Å²) in [7, 11) is 0. The van der Waals surface area contributed by atoms with E-state index in [1.54, 1.807) is 0 Å². The SMILES string of the molecule is CCCC1CN=C(NCc2ccc(C)s2)S1. The number of aliphatic imine (C=N–C) groups is 1. The Morgan fingerprint density at radius 3 is 3.06 bits per heavy atom. The molecule has 16 heavy (non-hydrogen) atoms. The van der Waals surface area contributed by atoms with Crippen molar-refractivity contribution in [3.8, 4) is 0 Å². The van der Waals surface area contributed by atoms with Crippen molar-refractivity contribution in [1.82, 2.24) is 5.32 Å². The van der Waals surface area contributed by atoms with E-state index in [2.05, 4.69) is 36.3 Å². The van der Waals surface area contributed by atoms with E-state index < -0.39 is 0 Å². The van der Waals surface area contributed by atoms with Crippen molar-refractivity contribution in [1.29, 1.82) is 0 Å². The van der Waals surface area contributed by atoms with E-state index in [9.17, 15) is 0 Å². The largest absolute Gasteiger partial charge is 0.360 e. The van der Waals surface area contributed by atoms with Gasteiger partial charge >= 0.3 is 0 Å². The van der Waals surface area contributed by atoms with Gasteiger partial charge in [-0.05, 0) is 25.5 Å². The van der Waals surface area contributed by atoms with E-state index in [0.29, 0.717) is 5.25 Å². The molecule has 1 unspecified atom stereocenters. The summed E-state index contributed by atoms with van der Waals surface area (Å²) in [6.45, 7) is 6.29. The Morgan fingerprint density at radius 2 is 2.38 bits per heavy atom. The molecule has 0 radical (unpaired) electrons. The van der Waals surface area contributed by atoms with Crippen molar-refractivity contribution < 1.29 is 0 Å². The van der Waals surface area contributed by atoms with Gasteiger partial charge in [-0.1, -0.05) is 25.1 Å². The first-order valence-electron chi connectivity index (χ1n) is 5.78. The van der Waals surface area contributed by atoms with E-state index in [0.717, 1.165) is 18.3 Å². The zero-order chi connectivity index (χ0) is 11.4. The van der Waals surface area contributed by atoms with Crippen molar-refractivity contribution in [3.05, 3.63) is 21.9 Å². The van der Waals surface area contributed by atoms with Crippen molar-refractivity contribution in [2.24, 2.45) is 4.99 Å². The van der Waals surface area contributed by atoms with Gasteiger partial charge in [0.25, 0.3) is 0 Å². The normalized spacial score (nSPS) is 19.9. The average molecular weight is 254 g/mol. The summed E-state index contributed by atoms with van der Waals surface area (Å²) >= 11 is 3.76. The average Bonchev–Trinajstić information content (AvgIpc) is 2.85. The summed E-state index contributed by atoms with van der Waals surface area (Å²) in [6.07, 6.45) is 2.53. The lowest BCUT2D eigenvalue weighted by Gasteiger charge is -2.06. The topological polar surface area (TPSA) is 24.4 Å². The quantitative estimate of drug-likeness (QED) is 0.890. The fourth-order valence-electron chi connectivity index (χ4n) is 1.73. The van der Waals surface area contributed by atoms with Gasteiger partial charge in [0.2, 0.25) is 0 Å². The fourth-order valence-corrected chi connectivity index (χ4v) is 3.68. The minimum Gasteiger partial charge on any atom is -0.360 e. The van der Waals surface area contributed by atoms with E-state index in [1.165, 1.54) is 22.6 Å². The minimum absolute atomic E-state index is 0.706. The number of nitrogens with one attached hydrogen (secondary N) is 1. The van der Waals surface area contributed by atoms with Gasteiger partial charge in [0, 0.05) is 15.0 Å². The predicted molar refractivity (Wildman–Crippen MR) is 74.5 cm³/mol. The second kappa shape index (κ2) is 5.73. The smallest absolute Gasteiger partial charge is 0.157 e. The Balaban J connectivity index is 1.75. The molecule has 0 aromatic carbocycles. The Kier molecular flexibility index (Phi) is 4.29. The molecule has 2 nitrogen and oxygen atoms in total. The van der Waals surface area contributed by atoms with E-state index >= 15 is 0 Å². The summed E-state index contributed by atoms with van der Waals surface area (Å²) in [6, 6.07) is 4.36. The Labute approximate surface area is 106 Å². The molecule has 0 saturated heterocycles. The molecular formula is C12H18N2S2. The molecular weight excluding hydrogens is 236 g/mol. The van der Waals surface area contributed by atoms with Gasteiger partial charge in [0.05, 0.1) is 13.1 Å². The van der Waals surface area contributed by atoms with Crippen LogP contribution in [0.1, 0.15) is 29.5 Å². The molecule has 0 saturated carbocycles. The first-order valence-corrected chi connectivity index (χ1v) is 7.48. The van der Waals surface area contributed by atoms with Crippen LogP contribution in [-0.4, -0.2) is 17.0 Å². The van der Waals surface area contributed by atoms with Crippen LogP contribution in [0.4, 0.5) is 0 Å². The van der Waals surface area contributed by atoms with Crippen LogP contribution in [0.2, 0.25) is 0 Å². The molecule has 4 heteroatoms. The molecule has 0 amide bonds. The molecule has 0 spiro atoms. The van der Waals surface area contributed by atoms with Crippen LogP contribution in [0.15, 0.2) is 17.1 Å². The van der Waals surface area contributed by atoms with E-state index in [-0.39, 0.29) is 0 Å². The minimum atomic E-state index is 0.706. The summed E-state index contributed by atoms with van der Waals surface area (Å²) in [5.41, 5.74) is 0. The third-order valence-electron chi connectivity index (χ3n) is 2.54. The number of hydrogen-bond donors (Lipinski definition) is 1. The molecule has 1 aliphatic heterocycles. The molecule has 1 aromatic heterocycles. The lowest BCUT2D eigenvalue weighted by atomic mass is 10.2. The van der Waals surface area contributed by atoms with Gasteiger partial charge in [-0.3, -0.25) is 4.99 Å². The maximum Gasteiger partial charge on any atom is 0.157 e. The first-order chi connectivity index (χ1) is 7.78. The number of hydrogen-bond acceptors (Lipinski definition) is 4. The fraction of sp³-hybridized carbons (Fsp3) is 0.583. The monoisotopic (exact) mass is 254 g/mol. The molecule has 2 rings (SSSR count). The number of rotatable bonds is 4. The Bertz CT molecular complexity index is 371. The summed E-state index contributed by atoms with van der Waals surface area (Å²) < 4.78 is 0. The summed E-state index contributed by atoms with van der Waals surface area (Å²) in [5.74, 6) is 0. The van der Waals surface area contributed by atoms with Crippen LogP contribution < -0.4 is 5.32 Å². The highest BCUT2D eigenvalue weighted by molar-refractivity contribution is 8.14. The molecule has 0 bridgehead atoms. The molecule has 1 aliphatic rings. The van der Waals surface area contributed by atoms with Crippen molar-refractivity contribution in [3.63, 3.8) is 0 Å². The molecule has 0 aliphatic carbocycles. The molecule has 1 atom stereocenters. The van der Waals surface area contributed by atoms with Gasteiger partial charge in [-0.2, -0.15) is 0 Å². The van der Waals surface area contributed by atoms with Gasteiger partial charge in [-0.25, -0.2) is 0 Å². The molecule has 2 heterocycles. The number of amidine groups is 1. The predicted octanol–water partition coefficient (Wildman–Crippen LogP) is 3.42. The maximum absolute atomic E-state index is 4.53. The van der Waals surface area contributed by atoms with E-state index in [4.69, 9.17) is 0 Å². The van der Waals surface area contributed by atoms with Crippen molar-refractivity contribution in [2.45, 2.75) is 38.5 Å². The zero-order valence-electron chi connectivity index (χ0n) is 9.82. The third kappa shape index (κ3) is 3.25. The second-order valence-corrected chi connectivity index (χ2v) is 6.70. The Hall–Kier alpha value is -0.480. The van der Waals surface area contributed by atoms with Gasteiger partial charge in [-0.15, -0.1) is 11.3 Å². The van der Waals surface area contributed by atoms with E-state index in [1.807, 2.05) is 23.1 Å². The summed E-state index contributed by atoms with van der Waals surface area (Å²) in [4.78, 5) is 7.30. The first kappa shape index (κ1) is 12.0. The van der Waals surface area contributed by atoms with Crippen LogP contribution in [0, 0.1) is 6.92 Å². The second-order valence-electron chi connectivity index (χ2n) is 4.04. The number of aryl methyl sites for hydroxylation is 1. The molecule has 1 N–H and O–H groups in total. The van der Waals surface area contributed by atoms with Gasteiger partial charge in [0.15, 0.2) is 5.17 Å². The standard InChI is InChI=1S/C12H18N2S2/c1-3-4-10-7-13-12(16-10)14-8-11-6-5-9(2)15-11/h5-6,10H,3-4,7-8H2,1-2H3,(H,13,14). The van der Waals surface area contributed by atoms with Gasteiger partial charge < -0.3 is 5.32 Å². The van der Waals surface area contributed by atoms with Crippen LogP contribution in [0.3, 0.4) is 0 Å². The third-order valence-corrected chi connectivity index (χ3v) is 4.75. The lowest BCUT2D eigenvalue weighted by molar-refractivity contribution is 0.754. The highest BCUT2D eigenvalue weighted by Crippen LogP contribution is 2.24. The van der Waals surface area contributed by atoms with Crippen LogP contribution in [0.5, 0.6) is 0 Å². The van der Waals surface area contributed by atoms with Gasteiger partial charge in [0.1, 0.15) is 0 Å². The molecule has 88 valence electrons. The maximum atomic E-state index is 4.53. The van der Waals surface area contributed by atoms with Crippen LogP contribution in [0.25, 0.3) is 0 Å². The van der Waals surface area contributed by atoms with Crippen LogP contribution in [-0.2, 0) is 6.54 Å². The summed E-state index contributed by atoms with van der Waals surface area (Å²) in [5, 5.41) is 5.26.